The molecule has 0 unspecified atom stereocenters. The number of aromatic nitrogens is 2. The van der Waals surface area contributed by atoms with E-state index < -0.39 is 16.0 Å². The van der Waals surface area contributed by atoms with E-state index >= 15 is 0 Å². The lowest BCUT2D eigenvalue weighted by molar-refractivity contribution is 0.0602. The smallest absolute Gasteiger partial charge is 0.349 e. The van der Waals surface area contributed by atoms with Crippen LogP contribution in [0.15, 0.2) is 59.1 Å². The van der Waals surface area contributed by atoms with Gasteiger partial charge in [-0.05, 0) is 17.0 Å². The molecule has 130 valence electrons. The minimum Gasteiger partial charge on any atom is -0.465 e. The molecule has 2 heterocycles. The van der Waals surface area contributed by atoms with Crippen LogP contribution in [0.4, 0.5) is 5.69 Å². The predicted octanol–water partition coefficient (Wildman–Crippen LogP) is 2.58. The molecule has 0 radical (unpaired) electrons. The highest BCUT2D eigenvalue weighted by molar-refractivity contribution is 7.93. The number of rotatable bonds is 6. The molecular formula is C16H15N3O4S2. The molecule has 2 aromatic heterocycles. The van der Waals surface area contributed by atoms with Gasteiger partial charge in [-0.2, -0.15) is 5.10 Å². The Hall–Kier alpha value is -2.65. The summed E-state index contributed by atoms with van der Waals surface area (Å²) in [7, 11) is -2.70. The Morgan fingerprint density at radius 1 is 1.28 bits per heavy atom. The molecule has 0 aliphatic rings. The highest BCUT2D eigenvalue weighted by Crippen LogP contribution is 2.25. The average Bonchev–Trinajstić information content (AvgIpc) is 3.24. The van der Waals surface area contributed by atoms with Gasteiger partial charge in [0.2, 0.25) is 0 Å². The predicted molar refractivity (Wildman–Crippen MR) is 94.2 cm³/mol. The second kappa shape index (κ2) is 7.08. The zero-order valence-corrected chi connectivity index (χ0v) is 14.9. The van der Waals surface area contributed by atoms with Gasteiger partial charge in [0.05, 0.1) is 25.5 Å². The van der Waals surface area contributed by atoms with Gasteiger partial charge < -0.3 is 4.74 Å². The fraction of sp³-hybridized carbons (Fsp3) is 0.125. The molecule has 0 fully saturated rings. The van der Waals surface area contributed by atoms with Gasteiger partial charge in [-0.3, -0.25) is 9.40 Å². The minimum atomic E-state index is -3.91. The molecule has 0 spiro atoms. The third-order valence-corrected chi connectivity index (χ3v) is 5.81. The van der Waals surface area contributed by atoms with Crippen molar-refractivity contribution in [3.63, 3.8) is 0 Å². The van der Waals surface area contributed by atoms with E-state index in [4.69, 9.17) is 0 Å². The van der Waals surface area contributed by atoms with E-state index in [1.165, 1.54) is 24.8 Å². The monoisotopic (exact) mass is 377 g/mol. The summed E-state index contributed by atoms with van der Waals surface area (Å²) in [5, 5.41) is 5.68. The van der Waals surface area contributed by atoms with Crippen molar-refractivity contribution in [2.45, 2.75) is 11.4 Å². The molecule has 0 atom stereocenters. The van der Waals surface area contributed by atoms with Crippen LogP contribution in [0, 0.1) is 0 Å². The van der Waals surface area contributed by atoms with Crippen LogP contribution >= 0.6 is 11.3 Å². The Morgan fingerprint density at radius 2 is 2.04 bits per heavy atom. The number of nitrogens with one attached hydrogen (secondary N) is 1. The van der Waals surface area contributed by atoms with E-state index in [0.29, 0.717) is 12.2 Å². The summed E-state index contributed by atoms with van der Waals surface area (Å²) in [6, 6.07) is 11.1. The number of esters is 1. The number of methoxy groups -OCH3 is 1. The number of anilines is 1. The third kappa shape index (κ3) is 3.89. The van der Waals surface area contributed by atoms with Crippen molar-refractivity contribution in [3.05, 3.63) is 64.6 Å². The maximum Gasteiger partial charge on any atom is 0.349 e. The SMILES string of the molecule is COC(=O)c1sccc1S(=O)(=O)Nc1cnn(Cc2ccccc2)c1. The molecule has 25 heavy (non-hydrogen) atoms. The van der Waals surface area contributed by atoms with Gasteiger partial charge in [-0.15, -0.1) is 11.3 Å². The molecule has 7 nitrogen and oxygen atoms in total. The number of ether oxygens (including phenoxy) is 1. The van der Waals surface area contributed by atoms with Crippen LogP contribution < -0.4 is 4.72 Å². The molecule has 3 aromatic rings. The van der Waals surface area contributed by atoms with Crippen LogP contribution in [0.1, 0.15) is 15.2 Å². The Bertz CT molecular complexity index is 978. The number of sulfonamides is 1. The normalized spacial score (nSPS) is 11.2. The maximum atomic E-state index is 12.5. The number of nitrogens with zero attached hydrogens (tertiary/aromatic N) is 2. The molecular weight excluding hydrogens is 362 g/mol. The van der Waals surface area contributed by atoms with Gasteiger partial charge in [-0.1, -0.05) is 30.3 Å². The van der Waals surface area contributed by atoms with Crippen LogP contribution in [0.3, 0.4) is 0 Å². The highest BCUT2D eigenvalue weighted by atomic mass is 32.2. The van der Waals surface area contributed by atoms with E-state index in [1.54, 1.807) is 10.9 Å². The first-order chi connectivity index (χ1) is 12.0. The van der Waals surface area contributed by atoms with Gasteiger partial charge in [0.1, 0.15) is 9.77 Å². The molecule has 0 saturated heterocycles. The number of hydrogen-bond donors (Lipinski definition) is 1. The Balaban J connectivity index is 1.78. The van der Waals surface area contributed by atoms with E-state index in [9.17, 15) is 13.2 Å². The van der Waals surface area contributed by atoms with Crippen LogP contribution in [0.5, 0.6) is 0 Å². The van der Waals surface area contributed by atoms with Gasteiger partial charge in [0.25, 0.3) is 10.0 Å². The lowest BCUT2D eigenvalue weighted by Gasteiger charge is -2.06. The standard InChI is InChI=1S/C16H15N3O4S2/c1-23-16(20)15-14(7-8-24-15)25(21,22)18-13-9-17-19(11-13)10-12-5-3-2-4-6-12/h2-9,11,18H,10H2,1H3. The van der Waals surface area contributed by atoms with Crippen molar-refractivity contribution in [2.75, 3.05) is 11.8 Å². The minimum absolute atomic E-state index is 0.0340. The van der Waals surface area contributed by atoms with Gasteiger partial charge in [0, 0.05) is 6.20 Å². The summed E-state index contributed by atoms with van der Waals surface area (Å²) in [5.41, 5.74) is 1.36. The third-order valence-electron chi connectivity index (χ3n) is 3.36. The molecule has 1 N–H and O–H groups in total. The van der Waals surface area contributed by atoms with Gasteiger partial charge >= 0.3 is 5.97 Å². The summed E-state index contributed by atoms with van der Waals surface area (Å²) in [4.78, 5) is 11.6. The summed E-state index contributed by atoms with van der Waals surface area (Å²) in [6.07, 6.45) is 3.01. The fourth-order valence-corrected chi connectivity index (χ4v) is 4.60. The molecule has 0 saturated carbocycles. The van der Waals surface area contributed by atoms with E-state index in [1.807, 2.05) is 30.3 Å². The van der Waals surface area contributed by atoms with E-state index in [-0.39, 0.29) is 9.77 Å². The first kappa shape index (κ1) is 17.2. The first-order valence-electron chi connectivity index (χ1n) is 7.24. The Kier molecular flexibility index (Phi) is 4.86. The topological polar surface area (TPSA) is 90.3 Å². The number of carbonyl (C=O) groups excluding carboxylic acids is 1. The van der Waals surface area contributed by atoms with Crippen molar-refractivity contribution >= 4 is 33.0 Å². The first-order valence-corrected chi connectivity index (χ1v) is 9.61. The largest absolute Gasteiger partial charge is 0.465 e. The van der Waals surface area contributed by atoms with E-state index in [2.05, 4.69) is 14.6 Å². The second-order valence-electron chi connectivity index (χ2n) is 5.12. The van der Waals surface area contributed by atoms with Crippen molar-refractivity contribution < 1.29 is 17.9 Å². The maximum absolute atomic E-state index is 12.5. The second-order valence-corrected chi connectivity index (χ2v) is 7.69. The lowest BCUT2D eigenvalue weighted by atomic mass is 10.2. The fourth-order valence-electron chi connectivity index (χ4n) is 2.23. The quantitative estimate of drug-likeness (QED) is 0.667. The average molecular weight is 377 g/mol. The van der Waals surface area contributed by atoms with Crippen molar-refractivity contribution in [1.29, 1.82) is 0 Å². The highest BCUT2D eigenvalue weighted by Gasteiger charge is 2.25. The zero-order valence-electron chi connectivity index (χ0n) is 13.2. The van der Waals surface area contributed by atoms with Crippen molar-refractivity contribution in [2.24, 2.45) is 0 Å². The van der Waals surface area contributed by atoms with Crippen LogP contribution in [0.2, 0.25) is 0 Å². The molecule has 9 heteroatoms. The molecule has 3 rings (SSSR count). The Morgan fingerprint density at radius 3 is 2.76 bits per heavy atom. The number of benzene rings is 1. The molecule has 0 bridgehead atoms. The Labute approximate surface area is 148 Å². The summed E-state index contributed by atoms with van der Waals surface area (Å²) < 4.78 is 33.7. The molecule has 0 amide bonds. The van der Waals surface area contributed by atoms with E-state index in [0.717, 1.165) is 16.9 Å². The molecule has 1 aromatic carbocycles. The van der Waals surface area contributed by atoms with Crippen LogP contribution in [-0.2, 0) is 21.3 Å². The summed E-state index contributed by atoms with van der Waals surface area (Å²) >= 11 is 1.01. The van der Waals surface area contributed by atoms with Crippen LogP contribution in [0.25, 0.3) is 0 Å². The zero-order chi connectivity index (χ0) is 17.9. The number of thiophene rings is 1. The molecule has 0 aliphatic heterocycles. The van der Waals surface area contributed by atoms with Crippen molar-refractivity contribution in [3.8, 4) is 0 Å². The summed E-state index contributed by atoms with van der Waals surface area (Å²) in [6.45, 7) is 0.522. The van der Waals surface area contributed by atoms with Crippen molar-refractivity contribution in [1.82, 2.24) is 9.78 Å². The summed E-state index contributed by atoms with van der Waals surface area (Å²) in [5.74, 6) is -0.685. The van der Waals surface area contributed by atoms with Gasteiger partial charge in [0.15, 0.2) is 0 Å². The molecule has 0 aliphatic carbocycles. The number of hydrogen-bond acceptors (Lipinski definition) is 6. The van der Waals surface area contributed by atoms with Gasteiger partial charge in [-0.25, -0.2) is 13.2 Å². The lowest BCUT2D eigenvalue weighted by Crippen LogP contribution is -2.15. The van der Waals surface area contributed by atoms with Crippen LogP contribution in [-0.4, -0.2) is 31.3 Å². The number of carbonyl (C=O) groups is 1.